The van der Waals surface area contributed by atoms with E-state index in [0.29, 0.717) is 24.1 Å². The van der Waals surface area contributed by atoms with E-state index in [9.17, 15) is 19.2 Å². The first-order chi connectivity index (χ1) is 13.8. The molecule has 1 aliphatic heterocycles. The van der Waals surface area contributed by atoms with Gasteiger partial charge in [-0.15, -0.1) is 0 Å². The van der Waals surface area contributed by atoms with Crippen molar-refractivity contribution in [3.05, 3.63) is 71.3 Å². The molecule has 7 nitrogen and oxygen atoms in total. The maximum absolute atomic E-state index is 12.9. The SMILES string of the molecule is CC(=O)NCCc1ccc(C(=O)CN2C(=O)N[C@](C)(c3ccccc3)C2=O)cc1. The molecule has 29 heavy (non-hydrogen) atoms. The van der Waals surface area contributed by atoms with Crippen molar-refractivity contribution in [2.45, 2.75) is 25.8 Å². The van der Waals surface area contributed by atoms with Crippen molar-refractivity contribution in [2.24, 2.45) is 0 Å². The second kappa shape index (κ2) is 8.26. The van der Waals surface area contributed by atoms with E-state index >= 15 is 0 Å². The van der Waals surface area contributed by atoms with Crippen molar-refractivity contribution < 1.29 is 19.2 Å². The smallest absolute Gasteiger partial charge is 0.325 e. The van der Waals surface area contributed by atoms with Gasteiger partial charge < -0.3 is 10.6 Å². The molecule has 4 amide bonds. The standard InChI is InChI=1S/C22H23N3O4/c1-15(26)23-13-12-16-8-10-17(11-9-16)19(27)14-25-20(28)22(2,24-21(25)29)18-6-4-3-5-7-18/h3-11H,12-14H2,1-2H3,(H,23,26)(H,24,29)/t22-/m1/s1. The first-order valence-corrected chi connectivity index (χ1v) is 9.37. The molecule has 150 valence electrons. The lowest BCUT2D eigenvalue weighted by Crippen LogP contribution is -2.41. The highest BCUT2D eigenvalue weighted by molar-refractivity contribution is 6.11. The van der Waals surface area contributed by atoms with E-state index in [-0.39, 0.29) is 18.2 Å². The number of urea groups is 1. The van der Waals surface area contributed by atoms with Crippen LogP contribution in [0.3, 0.4) is 0 Å². The van der Waals surface area contributed by atoms with Crippen LogP contribution in [0.5, 0.6) is 0 Å². The summed E-state index contributed by atoms with van der Waals surface area (Å²) >= 11 is 0. The number of hydrogen-bond donors (Lipinski definition) is 2. The molecule has 1 saturated heterocycles. The van der Waals surface area contributed by atoms with Crippen molar-refractivity contribution in [1.29, 1.82) is 0 Å². The highest BCUT2D eigenvalue weighted by Crippen LogP contribution is 2.28. The second-order valence-corrected chi connectivity index (χ2v) is 7.17. The second-order valence-electron chi connectivity index (χ2n) is 7.17. The Labute approximate surface area is 169 Å². The van der Waals surface area contributed by atoms with Gasteiger partial charge in [-0.3, -0.25) is 19.3 Å². The van der Waals surface area contributed by atoms with Gasteiger partial charge in [0.2, 0.25) is 5.91 Å². The quantitative estimate of drug-likeness (QED) is 0.556. The Morgan fingerprint density at radius 3 is 2.31 bits per heavy atom. The van der Waals surface area contributed by atoms with Crippen LogP contribution in [0.1, 0.15) is 35.3 Å². The first kappa shape index (κ1) is 20.3. The van der Waals surface area contributed by atoms with Gasteiger partial charge in [0, 0.05) is 19.0 Å². The van der Waals surface area contributed by atoms with Crippen LogP contribution < -0.4 is 10.6 Å². The van der Waals surface area contributed by atoms with Crippen LogP contribution in [0, 0.1) is 0 Å². The van der Waals surface area contributed by atoms with Crippen LogP contribution in [0.2, 0.25) is 0 Å². The molecule has 0 aromatic heterocycles. The molecule has 3 rings (SSSR count). The lowest BCUT2D eigenvalue weighted by molar-refractivity contribution is -0.130. The van der Waals surface area contributed by atoms with Crippen LogP contribution in [-0.4, -0.2) is 41.6 Å². The van der Waals surface area contributed by atoms with Crippen LogP contribution in [-0.2, 0) is 21.5 Å². The highest BCUT2D eigenvalue weighted by atomic mass is 16.2. The number of Topliss-reactive ketones (excluding diaryl/α,β-unsaturated/α-hetero) is 1. The molecule has 0 spiro atoms. The van der Waals surface area contributed by atoms with E-state index in [4.69, 9.17) is 0 Å². The number of rotatable bonds is 7. The Hall–Kier alpha value is -3.48. The minimum atomic E-state index is -1.19. The summed E-state index contributed by atoms with van der Waals surface area (Å²) < 4.78 is 0. The van der Waals surface area contributed by atoms with Gasteiger partial charge in [-0.05, 0) is 24.5 Å². The van der Waals surface area contributed by atoms with Crippen LogP contribution in [0.4, 0.5) is 4.79 Å². The van der Waals surface area contributed by atoms with E-state index in [1.807, 2.05) is 6.07 Å². The van der Waals surface area contributed by atoms with Gasteiger partial charge in [0.25, 0.3) is 5.91 Å². The molecule has 2 aromatic rings. The Balaban J connectivity index is 1.67. The number of ketones is 1. The Morgan fingerprint density at radius 2 is 1.69 bits per heavy atom. The molecule has 1 fully saturated rings. The molecule has 7 heteroatoms. The maximum atomic E-state index is 12.9. The van der Waals surface area contributed by atoms with Crippen molar-refractivity contribution in [3.63, 3.8) is 0 Å². The molecule has 0 bridgehead atoms. The lowest BCUT2D eigenvalue weighted by Gasteiger charge is -2.22. The Kier molecular flexibility index (Phi) is 5.77. The van der Waals surface area contributed by atoms with Crippen LogP contribution in [0.25, 0.3) is 0 Å². The normalized spacial score (nSPS) is 18.5. The van der Waals surface area contributed by atoms with E-state index in [1.165, 1.54) is 6.92 Å². The Bertz CT molecular complexity index is 940. The van der Waals surface area contributed by atoms with Crippen molar-refractivity contribution in [2.75, 3.05) is 13.1 Å². The summed E-state index contributed by atoms with van der Waals surface area (Å²) in [4.78, 5) is 49.8. The number of nitrogens with zero attached hydrogens (tertiary/aromatic N) is 1. The minimum Gasteiger partial charge on any atom is -0.356 e. The molecule has 1 aliphatic rings. The summed E-state index contributed by atoms with van der Waals surface area (Å²) in [5.74, 6) is -0.860. The molecule has 0 aliphatic carbocycles. The van der Waals surface area contributed by atoms with E-state index < -0.39 is 17.5 Å². The average Bonchev–Trinajstić information content (AvgIpc) is 2.93. The zero-order valence-electron chi connectivity index (χ0n) is 16.4. The largest absolute Gasteiger partial charge is 0.356 e. The third-order valence-corrected chi connectivity index (χ3v) is 4.99. The predicted octanol–water partition coefficient (Wildman–Crippen LogP) is 2.02. The highest BCUT2D eigenvalue weighted by Gasteiger charge is 2.49. The van der Waals surface area contributed by atoms with E-state index in [2.05, 4.69) is 10.6 Å². The number of amides is 4. The molecule has 0 radical (unpaired) electrons. The number of carbonyl (C=O) groups is 4. The maximum Gasteiger partial charge on any atom is 0.325 e. The zero-order valence-corrected chi connectivity index (χ0v) is 16.4. The predicted molar refractivity (Wildman–Crippen MR) is 107 cm³/mol. The molecular formula is C22H23N3O4. The Morgan fingerprint density at radius 1 is 1.03 bits per heavy atom. The summed E-state index contributed by atoms with van der Waals surface area (Å²) in [6.45, 7) is 3.29. The summed E-state index contributed by atoms with van der Waals surface area (Å²) in [5.41, 5.74) is 0.868. The number of nitrogens with one attached hydrogen (secondary N) is 2. The fourth-order valence-electron chi connectivity index (χ4n) is 3.28. The van der Waals surface area contributed by atoms with Gasteiger partial charge in [0.05, 0.1) is 6.54 Å². The van der Waals surface area contributed by atoms with Gasteiger partial charge in [-0.25, -0.2) is 4.79 Å². The van der Waals surface area contributed by atoms with Gasteiger partial charge in [0.15, 0.2) is 5.78 Å². The zero-order chi connectivity index (χ0) is 21.0. The first-order valence-electron chi connectivity index (χ1n) is 9.37. The molecule has 2 N–H and O–H groups in total. The average molecular weight is 393 g/mol. The van der Waals surface area contributed by atoms with Crippen molar-refractivity contribution in [1.82, 2.24) is 15.5 Å². The van der Waals surface area contributed by atoms with Crippen molar-refractivity contribution >= 4 is 23.6 Å². The van der Waals surface area contributed by atoms with Gasteiger partial charge >= 0.3 is 6.03 Å². The van der Waals surface area contributed by atoms with Gasteiger partial charge in [-0.2, -0.15) is 0 Å². The van der Waals surface area contributed by atoms with Crippen molar-refractivity contribution in [3.8, 4) is 0 Å². The molecule has 2 aromatic carbocycles. The number of carbonyl (C=O) groups excluding carboxylic acids is 4. The van der Waals surface area contributed by atoms with E-state index in [0.717, 1.165) is 10.5 Å². The fourth-order valence-corrected chi connectivity index (χ4v) is 3.28. The van der Waals surface area contributed by atoms with Gasteiger partial charge in [-0.1, -0.05) is 54.6 Å². The number of hydrogen-bond acceptors (Lipinski definition) is 4. The van der Waals surface area contributed by atoms with E-state index in [1.54, 1.807) is 55.5 Å². The lowest BCUT2D eigenvalue weighted by atomic mass is 9.92. The molecule has 1 atom stereocenters. The molecule has 0 saturated carbocycles. The number of imide groups is 1. The molecule has 1 heterocycles. The molecular weight excluding hydrogens is 370 g/mol. The third kappa shape index (κ3) is 4.34. The summed E-state index contributed by atoms with van der Waals surface area (Å²) in [6, 6.07) is 15.3. The third-order valence-electron chi connectivity index (χ3n) is 4.99. The van der Waals surface area contributed by atoms with Crippen LogP contribution >= 0.6 is 0 Å². The van der Waals surface area contributed by atoms with Gasteiger partial charge in [0.1, 0.15) is 5.54 Å². The summed E-state index contributed by atoms with van der Waals surface area (Å²) in [5, 5.41) is 5.41. The monoisotopic (exact) mass is 393 g/mol. The molecule has 0 unspecified atom stereocenters. The van der Waals surface area contributed by atoms with Crippen LogP contribution in [0.15, 0.2) is 54.6 Å². The topological polar surface area (TPSA) is 95.6 Å². The minimum absolute atomic E-state index is 0.0899. The summed E-state index contributed by atoms with van der Waals surface area (Å²) in [6.07, 6.45) is 0.649. The number of benzene rings is 2. The fraction of sp³-hybridized carbons (Fsp3) is 0.273. The summed E-state index contributed by atoms with van der Waals surface area (Å²) in [7, 11) is 0.